The number of nitrogens with two attached hydrogens (primary N) is 1. The number of likely N-dealkylation sites (N-methyl/N-ethyl adjacent to an activating group) is 1. The highest BCUT2D eigenvalue weighted by Gasteiger charge is 2.37. The van der Waals surface area contributed by atoms with E-state index in [0.717, 1.165) is 36.2 Å². The molecule has 5 N–H and O–H groups in total. The fraction of sp³-hybridized carbons (Fsp3) is 0.370. The van der Waals surface area contributed by atoms with Gasteiger partial charge in [0.1, 0.15) is 17.9 Å². The van der Waals surface area contributed by atoms with E-state index in [1.54, 1.807) is 49.4 Å². The Kier molecular flexibility index (Phi) is 11.3. The van der Waals surface area contributed by atoms with Gasteiger partial charge in [0, 0.05) is 25.2 Å². The van der Waals surface area contributed by atoms with Crippen molar-refractivity contribution in [1.29, 1.82) is 5.41 Å². The van der Waals surface area contributed by atoms with Crippen molar-refractivity contribution in [2.45, 2.75) is 49.7 Å². The molecule has 0 saturated carbocycles. The number of halogens is 2. The predicted octanol–water partition coefficient (Wildman–Crippen LogP) is 2.32. The van der Waals surface area contributed by atoms with Gasteiger partial charge in [-0.3, -0.25) is 10.2 Å². The van der Waals surface area contributed by atoms with E-state index in [9.17, 15) is 23.1 Å². The second-order valence-electron chi connectivity index (χ2n) is 10.0. The van der Waals surface area contributed by atoms with Gasteiger partial charge in [0.2, 0.25) is 15.9 Å². The van der Waals surface area contributed by atoms with Crippen LogP contribution >= 0.6 is 24.8 Å². The van der Waals surface area contributed by atoms with E-state index in [1.807, 2.05) is 7.05 Å². The van der Waals surface area contributed by atoms with E-state index in [4.69, 9.17) is 11.1 Å². The molecule has 4 rings (SSSR count). The molecule has 1 amide bonds. The number of rotatable bonds is 8. The van der Waals surface area contributed by atoms with Crippen molar-refractivity contribution in [2.75, 3.05) is 20.1 Å². The lowest BCUT2D eigenvalue weighted by Crippen LogP contribution is -2.55. The molecular formula is C27H35Cl2N5O5S. The molecule has 2 heterocycles. The molecule has 2 aromatic rings. The van der Waals surface area contributed by atoms with Crippen molar-refractivity contribution < 1.29 is 23.1 Å². The number of sulfonamides is 1. The quantitative estimate of drug-likeness (QED) is 0.203. The van der Waals surface area contributed by atoms with E-state index < -0.39 is 34.0 Å². The fourth-order valence-electron chi connectivity index (χ4n) is 4.92. The van der Waals surface area contributed by atoms with Crippen molar-refractivity contribution in [2.24, 2.45) is 5.73 Å². The average Bonchev–Trinajstić information content (AvgIpc) is 2.87. The molecule has 0 aromatic heterocycles. The van der Waals surface area contributed by atoms with Gasteiger partial charge in [-0.1, -0.05) is 35.9 Å². The van der Waals surface area contributed by atoms with Gasteiger partial charge < -0.3 is 20.6 Å². The number of nitrogen functional groups attached to an aromatic ring is 1. The maximum Gasteiger partial charge on any atom is 0.326 e. The number of nitrogens with one attached hydrogen (secondary N) is 2. The summed E-state index contributed by atoms with van der Waals surface area (Å²) in [6, 6.07) is 9.28. The smallest absolute Gasteiger partial charge is 0.326 e. The Bertz CT molecular complexity index is 1420. The minimum absolute atomic E-state index is 0. The predicted molar refractivity (Wildman–Crippen MR) is 158 cm³/mol. The summed E-state index contributed by atoms with van der Waals surface area (Å²) in [6.45, 7) is 3.42. The molecule has 10 nitrogen and oxygen atoms in total. The Morgan fingerprint density at radius 2 is 1.90 bits per heavy atom. The van der Waals surface area contributed by atoms with E-state index in [0.29, 0.717) is 11.1 Å². The minimum Gasteiger partial charge on any atom is -0.480 e. The van der Waals surface area contributed by atoms with Crippen LogP contribution in [0.5, 0.6) is 0 Å². The van der Waals surface area contributed by atoms with Crippen molar-refractivity contribution >= 4 is 52.5 Å². The van der Waals surface area contributed by atoms with Gasteiger partial charge in [0.05, 0.1) is 4.90 Å². The van der Waals surface area contributed by atoms with Gasteiger partial charge in [0.25, 0.3) is 0 Å². The van der Waals surface area contributed by atoms with Crippen LogP contribution < -0.4 is 10.5 Å². The Labute approximate surface area is 247 Å². The summed E-state index contributed by atoms with van der Waals surface area (Å²) in [5.41, 5.74) is 9.51. The molecule has 0 saturated heterocycles. The first-order valence-electron chi connectivity index (χ1n) is 12.4. The lowest BCUT2D eigenvalue weighted by Gasteiger charge is -2.34. The maximum atomic E-state index is 13.8. The Hall–Kier alpha value is -2.96. The SMILES string of the molecule is CC1=CCN(C(=O)[C@H](Cc2cccc(C(=N)N)c2)NS(=O)(=O)c2ccc3c(c2)CCN(C)C3)[C@@H](C(=O)O)C1.Cl.Cl. The van der Waals surface area contributed by atoms with Crippen LogP contribution in [0.1, 0.15) is 35.6 Å². The Morgan fingerprint density at radius 3 is 2.58 bits per heavy atom. The molecule has 2 aliphatic rings. The number of hydrogen-bond acceptors (Lipinski definition) is 6. The number of carboxylic acids is 1. The molecule has 2 aromatic carbocycles. The summed E-state index contributed by atoms with van der Waals surface area (Å²) in [5, 5.41) is 17.5. The molecule has 2 atom stereocenters. The number of amides is 1. The molecule has 40 heavy (non-hydrogen) atoms. The van der Waals surface area contributed by atoms with Gasteiger partial charge in [-0.15, -0.1) is 24.8 Å². The molecule has 0 fully saturated rings. The highest BCUT2D eigenvalue weighted by molar-refractivity contribution is 7.89. The summed E-state index contributed by atoms with van der Waals surface area (Å²) in [4.78, 5) is 29.2. The topological polar surface area (TPSA) is 157 Å². The van der Waals surface area contributed by atoms with Crippen LogP contribution in [0.15, 0.2) is 59.0 Å². The molecule has 0 unspecified atom stereocenters. The number of benzene rings is 2. The summed E-state index contributed by atoms with van der Waals surface area (Å²) < 4.78 is 29.6. The molecule has 13 heteroatoms. The van der Waals surface area contributed by atoms with Crippen LogP contribution in [0.4, 0.5) is 0 Å². The molecule has 0 bridgehead atoms. The number of carbonyl (C=O) groups excluding carboxylic acids is 1. The second-order valence-corrected chi connectivity index (χ2v) is 11.7. The van der Waals surface area contributed by atoms with Crippen LogP contribution in [0.3, 0.4) is 0 Å². The Morgan fingerprint density at radius 1 is 1.18 bits per heavy atom. The molecule has 2 aliphatic heterocycles. The first kappa shape index (κ1) is 33.2. The van der Waals surface area contributed by atoms with E-state index in [1.165, 1.54) is 11.0 Å². The highest BCUT2D eigenvalue weighted by atomic mass is 35.5. The van der Waals surface area contributed by atoms with Crippen molar-refractivity contribution in [3.05, 3.63) is 76.4 Å². The third kappa shape index (κ3) is 7.61. The minimum atomic E-state index is -4.13. The number of carbonyl (C=O) groups is 2. The molecule has 218 valence electrons. The monoisotopic (exact) mass is 611 g/mol. The molecule has 0 spiro atoms. The largest absolute Gasteiger partial charge is 0.480 e. The molecule has 0 radical (unpaired) electrons. The lowest BCUT2D eigenvalue weighted by molar-refractivity contribution is -0.150. The standard InChI is InChI=1S/C27H33N5O5S.2ClH/c1-17-8-11-32(24(12-17)27(34)35)26(33)23(14-18-4-3-5-20(13-18)25(28)29)30-38(36,37)22-7-6-21-16-31(2)10-9-19(21)15-22;;/h3-8,13,15,23-24,30H,9-12,14,16H2,1-2H3,(H3,28,29)(H,34,35);2*1H/t23-,24+;;/m0../s1. The van der Waals surface area contributed by atoms with Crippen LogP contribution in [0, 0.1) is 5.41 Å². The van der Waals surface area contributed by atoms with Crippen molar-refractivity contribution in [1.82, 2.24) is 14.5 Å². The average molecular weight is 613 g/mol. The number of hydrogen-bond donors (Lipinski definition) is 4. The van der Waals surface area contributed by atoms with Gasteiger partial charge in [0.15, 0.2) is 0 Å². The number of amidine groups is 1. The van der Waals surface area contributed by atoms with Crippen molar-refractivity contribution in [3.63, 3.8) is 0 Å². The molecular weight excluding hydrogens is 577 g/mol. The van der Waals surface area contributed by atoms with Crippen LogP contribution in [-0.4, -0.2) is 73.3 Å². The molecule has 0 aliphatic carbocycles. The van der Waals surface area contributed by atoms with E-state index in [-0.39, 0.29) is 54.9 Å². The zero-order valence-corrected chi connectivity index (χ0v) is 24.7. The number of aliphatic carboxylic acids is 1. The van der Waals surface area contributed by atoms with E-state index in [2.05, 4.69) is 9.62 Å². The maximum absolute atomic E-state index is 13.8. The highest BCUT2D eigenvalue weighted by Crippen LogP contribution is 2.24. The van der Waals surface area contributed by atoms with Crippen LogP contribution in [0.2, 0.25) is 0 Å². The third-order valence-electron chi connectivity index (χ3n) is 7.06. The van der Waals surface area contributed by atoms with Crippen LogP contribution in [0.25, 0.3) is 0 Å². The Balaban J connectivity index is 0.00000280. The second kappa shape index (κ2) is 13.6. The summed E-state index contributed by atoms with van der Waals surface area (Å²) in [7, 11) is -2.12. The van der Waals surface area contributed by atoms with Gasteiger partial charge >= 0.3 is 5.97 Å². The summed E-state index contributed by atoms with van der Waals surface area (Å²) in [5.74, 6) is -1.93. The first-order valence-corrected chi connectivity index (χ1v) is 13.9. The lowest BCUT2D eigenvalue weighted by atomic mass is 9.98. The number of carboxylic acid groups (broad SMARTS) is 1. The van der Waals surface area contributed by atoms with Crippen LogP contribution in [-0.2, 0) is 39.0 Å². The first-order chi connectivity index (χ1) is 17.9. The van der Waals surface area contributed by atoms with Crippen molar-refractivity contribution in [3.8, 4) is 0 Å². The number of fused-ring (bicyclic) bond motifs is 1. The zero-order valence-electron chi connectivity index (χ0n) is 22.3. The normalized spacial score (nSPS) is 17.9. The third-order valence-corrected chi connectivity index (χ3v) is 8.53. The zero-order chi connectivity index (χ0) is 27.6. The number of nitrogens with zero attached hydrogens (tertiary/aromatic N) is 2. The van der Waals surface area contributed by atoms with Gasteiger partial charge in [-0.2, -0.15) is 4.72 Å². The van der Waals surface area contributed by atoms with Gasteiger partial charge in [-0.25, -0.2) is 13.2 Å². The summed E-state index contributed by atoms with van der Waals surface area (Å²) >= 11 is 0. The van der Waals surface area contributed by atoms with Gasteiger partial charge in [-0.05, 0) is 68.1 Å². The van der Waals surface area contributed by atoms with E-state index >= 15 is 0 Å². The fourth-order valence-corrected chi connectivity index (χ4v) is 6.16. The summed E-state index contributed by atoms with van der Waals surface area (Å²) in [6.07, 6.45) is 2.62.